The first-order valence-electron chi connectivity index (χ1n) is 8.22. The molecule has 0 radical (unpaired) electrons. The lowest BCUT2D eigenvalue weighted by Gasteiger charge is -2.14. The minimum absolute atomic E-state index is 0.273. The number of carbonyl (C=O) groups excluding carboxylic acids is 2. The highest BCUT2D eigenvalue weighted by atomic mass is 32.2. The minimum Gasteiger partial charge on any atom is -0.468 e. The highest BCUT2D eigenvalue weighted by Crippen LogP contribution is 2.27. The summed E-state index contributed by atoms with van der Waals surface area (Å²) in [6, 6.07) is 12.3. The maximum Gasteiger partial charge on any atom is 0.340 e. The highest BCUT2D eigenvalue weighted by molar-refractivity contribution is 7.98. The van der Waals surface area contributed by atoms with Crippen LogP contribution in [-0.4, -0.2) is 23.1 Å². The fourth-order valence-electron chi connectivity index (χ4n) is 2.24. The molecule has 140 valence electrons. The number of aryl methyl sites for hydroxylation is 1. The van der Waals surface area contributed by atoms with Crippen molar-refractivity contribution in [1.82, 2.24) is 5.16 Å². The summed E-state index contributed by atoms with van der Waals surface area (Å²) in [4.78, 5) is 25.4. The van der Waals surface area contributed by atoms with Crippen LogP contribution in [-0.2, 0) is 15.3 Å². The van der Waals surface area contributed by atoms with Crippen LogP contribution in [0.3, 0.4) is 0 Å². The van der Waals surface area contributed by atoms with Crippen molar-refractivity contribution in [3.63, 3.8) is 0 Å². The zero-order valence-electron chi connectivity index (χ0n) is 14.8. The van der Waals surface area contributed by atoms with Crippen LogP contribution in [0.25, 0.3) is 0 Å². The van der Waals surface area contributed by atoms with Crippen molar-refractivity contribution in [2.24, 2.45) is 0 Å². The second-order valence-corrected chi connectivity index (χ2v) is 6.74. The Hall–Kier alpha value is -3.00. The largest absolute Gasteiger partial charge is 0.468 e. The molecule has 3 aromatic rings. The van der Waals surface area contributed by atoms with E-state index in [4.69, 9.17) is 13.7 Å². The van der Waals surface area contributed by atoms with E-state index in [0.29, 0.717) is 17.1 Å². The number of anilines is 1. The SMILES string of the molecule is Cc1cc(NC(=O)C(C)OC(=O)c2ccccc2SCc2ccco2)no1. The lowest BCUT2D eigenvalue weighted by molar-refractivity contribution is -0.123. The van der Waals surface area contributed by atoms with E-state index in [2.05, 4.69) is 10.5 Å². The molecule has 2 heterocycles. The van der Waals surface area contributed by atoms with E-state index >= 15 is 0 Å². The van der Waals surface area contributed by atoms with E-state index in [9.17, 15) is 9.59 Å². The van der Waals surface area contributed by atoms with Gasteiger partial charge in [-0.25, -0.2) is 4.79 Å². The number of ether oxygens (including phenoxy) is 1. The standard InChI is InChI=1S/C19H18N2O5S/c1-12-10-17(21-26-12)20-18(22)13(2)25-19(23)15-7-3-4-8-16(15)27-11-14-6-5-9-24-14/h3-10,13H,11H2,1-2H3,(H,20,21,22). The Kier molecular flexibility index (Phi) is 5.97. The van der Waals surface area contributed by atoms with Crippen molar-refractivity contribution >= 4 is 29.5 Å². The van der Waals surface area contributed by atoms with Crippen LogP contribution >= 0.6 is 11.8 Å². The molecular weight excluding hydrogens is 368 g/mol. The molecule has 0 fully saturated rings. The number of furan rings is 1. The zero-order chi connectivity index (χ0) is 19.2. The number of carbonyl (C=O) groups is 2. The third-order valence-electron chi connectivity index (χ3n) is 3.59. The predicted molar refractivity (Wildman–Crippen MR) is 99.5 cm³/mol. The fraction of sp³-hybridized carbons (Fsp3) is 0.211. The Balaban J connectivity index is 1.62. The van der Waals surface area contributed by atoms with Gasteiger partial charge < -0.3 is 19.0 Å². The smallest absolute Gasteiger partial charge is 0.340 e. The van der Waals surface area contributed by atoms with Crippen LogP contribution in [0.4, 0.5) is 5.82 Å². The lowest BCUT2D eigenvalue weighted by atomic mass is 10.2. The number of nitrogens with one attached hydrogen (secondary N) is 1. The van der Waals surface area contributed by atoms with Crippen molar-refractivity contribution in [1.29, 1.82) is 0 Å². The van der Waals surface area contributed by atoms with Crippen molar-refractivity contribution in [2.75, 3.05) is 5.32 Å². The summed E-state index contributed by atoms with van der Waals surface area (Å²) in [5, 5.41) is 6.22. The Morgan fingerprint density at radius 3 is 2.78 bits per heavy atom. The summed E-state index contributed by atoms with van der Waals surface area (Å²) in [7, 11) is 0. The topological polar surface area (TPSA) is 94.6 Å². The zero-order valence-corrected chi connectivity index (χ0v) is 15.6. The van der Waals surface area contributed by atoms with Gasteiger partial charge >= 0.3 is 5.97 Å². The van der Waals surface area contributed by atoms with Gasteiger partial charge in [-0.15, -0.1) is 11.8 Å². The number of amides is 1. The van der Waals surface area contributed by atoms with Crippen LogP contribution in [0, 0.1) is 6.92 Å². The van der Waals surface area contributed by atoms with Gasteiger partial charge in [-0.3, -0.25) is 4.79 Å². The average Bonchev–Trinajstić information content (AvgIpc) is 3.31. The molecule has 0 spiro atoms. The molecule has 3 rings (SSSR count). The van der Waals surface area contributed by atoms with Crippen molar-refractivity contribution in [2.45, 2.75) is 30.6 Å². The number of nitrogens with zero attached hydrogens (tertiary/aromatic N) is 1. The van der Waals surface area contributed by atoms with E-state index in [1.165, 1.54) is 18.7 Å². The summed E-state index contributed by atoms with van der Waals surface area (Å²) in [5.74, 6) is 1.17. The molecule has 1 amide bonds. The molecule has 1 unspecified atom stereocenters. The second-order valence-electron chi connectivity index (χ2n) is 5.72. The molecule has 1 N–H and O–H groups in total. The minimum atomic E-state index is -0.988. The molecule has 2 aromatic heterocycles. The quantitative estimate of drug-likeness (QED) is 0.483. The van der Waals surface area contributed by atoms with Gasteiger partial charge in [0.05, 0.1) is 17.6 Å². The van der Waals surface area contributed by atoms with Crippen LogP contribution in [0.15, 0.2) is 62.6 Å². The molecule has 0 aliphatic rings. The molecule has 8 heteroatoms. The molecule has 0 aliphatic carbocycles. The number of hydrogen-bond acceptors (Lipinski definition) is 7. The highest BCUT2D eigenvalue weighted by Gasteiger charge is 2.22. The molecule has 0 saturated heterocycles. The number of hydrogen-bond donors (Lipinski definition) is 1. The van der Waals surface area contributed by atoms with Gasteiger partial charge in [0.25, 0.3) is 5.91 Å². The summed E-state index contributed by atoms with van der Waals surface area (Å²) in [5.41, 5.74) is 0.394. The fourth-order valence-corrected chi connectivity index (χ4v) is 3.18. The Morgan fingerprint density at radius 2 is 2.07 bits per heavy atom. The summed E-state index contributed by atoms with van der Waals surface area (Å²) in [6.07, 6.45) is 0.616. The van der Waals surface area contributed by atoms with Gasteiger partial charge in [0.15, 0.2) is 11.9 Å². The number of rotatable bonds is 7. The Labute approximate surface area is 160 Å². The normalized spacial score (nSPS) is 11.8. The molecular formula is C19H18N2O5S. The van der Waals surface area contributed by atoms with E-state index in [1.807, 2.05) is 24.3 Å². The molecule has 27 heavy (non-hydrogen) atoms. The van der Waals surface area contributed by atoms with E-state index in [0.717, 1.165) is 10.7 Å². The number of aromatic nitrogens is 1. The van der Waals surface area contributed by atoms with Gasteiger partial charge in [-0.2, -0.15) is 0 Å². The first-order valence-corrected chi connectivity index (χ1v) is 9.21. The lowest BCUT2D eigenvalue weighted by Crippen LogP contribution is -2.30. The van der Waals surface area contributed by atoms with E-state index in [1.54, 1.807) is 31.4 Å². The van der Waals surface area contributed by atoms with Crippen LogP contribution in [0.2, 0.25) is 0 Å². The third-order valence-corrected chi connectivity index (χ3v) is 4.69. The number of esters is 1. The van der Waals surface area contributed by atoms with Crippen LogP contribution in [0.1, 0.15) is 28.8 Å². The summed E-state index contributed by atoms with van der Waals surface area (Å²) < 4.78 is 15.5. The van der Waals surface area contributed by atoms with Gasteiger partial charge in [0, 0.05) is 11.0 Å². The van der Waals surface area contributed by atoms with Crippen molar-refractivity contribution < 1.29 is 23.3 Å². The molecule has 0 saturated carbocycles. The second kappa shape index (κ2) is 8.59. The molecule has 1 aromatic carbocycles. The molecule has 7 nitrogen and oxygen atoms in total. The molecule has 1 atom stereocenters. The molecule has 0 bridgehead atoms. The van der Waals surface area contributed by atoms with Crippen LogP contribution < -0.4 is 5.32 Å². The van der Waals surface area contributed by atoms with Gasteiger partial charge in [0.1, 0.15) is 11.5 Å². The first kappa shape index (κ1) is 18.8. The number of thioether (sulfide) groups is 1. The third kappa shape index (κ3) is 5.01. The molecule has 0 aliphatic heterocycles. The van der Waals surface area contributed by atoms with E-state index in [-0.39, 0.29) is 5.82 Å². The maximum atomic E-state index is 12.5. The Bertz CT molecular complexity index is 920. The summed E-state index contributed by atoms with van der Waals surface area (Å²) in [6.45, 7) is 3.21. The van der Waals surface area contributed by atoms with Gasteiger partial charge in [-0.1, -0.05) is 17.3 Å². The monoisotopic (exact) mass is 386 g/mol. The predicted octanol–water partition coefficient (Wildman–Crippen LogP) is 4.05. The Morgan fingerprint density at radius 1 is 1.26 bits per heavy atom. The number of benzene rings is 1. The average molecular weight is 386 g/mol. The first-order chi connectivity index (χ1) is 13.0. The maximum absolute atomic E-state index is 12.5. The summed E-state index contributed by atoms with van der Waals surface area (Å²) >= 11 is 1.46. The van der Waals surface area contributed by atoms with Gasteiger partial charge in [0.2, 0.25) is 0 Å². The van der Waals surface area contributed by atoms with Crippen LogP contribution in [0.5, 0.6) is 0 Å². The van der Waals surface area contributed by atoms with Crippen molar-refractivity contribution in [3.05, 3.63) is 65.8 Å². The van der Waals surface area contributed by atoms with Gasteiger partial charge in [-0.05, 0) is 38.1 Å². The van der Waals surface area contributed by atoms with Crippen molar-refractivity contribution in [3.8, 4) is 0 Å². The van der Waals surface area contributed by atoms with E-state index < -0.39 is 18.0 Å².